The maximum absolute atomic E-state index is 14.2. The van der Waals surface area contributed by atoms with Crippen LogP contribution < -0.4 is 10.5 Å². The third-order valence-electron chi connectivity index (χ3n) is 5.65. The Kier molecular flexibility index (Phi) is 4.59. The lowest BCUT2D eigenvalue weighted by Crippen LogP contribution is -2.12. The molecule has 2 bridgehead atoms. The standard InChI is InChI=1S/C24H19FN6O/c1-13-19-9-17(25)5-6-18(19)22-15(4-3-7-28-22)12-31-14(2)30-20(10-26)23(31)16-8-21(32-13)24(27)29-11-16/h3-9,11,13H,12H2,1-2H3,(H2,27,29). The van der Waals surface area contributed by atoms with Crippen LogP contribution in [0.25, 0.3) is 22.5 Å². The highest BCUT2D eigenvalue weighted by atomic mass is 19.1. The number of hydrogen-bond acceptors (Lipinski definition) is 6. The number of aromatic nitrogens is 4. The molecule has 5 rings (SSSR count). The van der Waals surface area contributed by atoms with Crippen molar-refractivity contribution in [3.8, 4) is 34.3 Å². The van der Waals surface area contributed by atoms with Crippen molar-refractivity contribution in [2.45, 2.75) is 26.5 Å². The second-order valence-corrected chi connectivity index (χ2v) is 7.66. The second kappa shape index (κ2) is 7.46. The van der Waals surface area contributed by atoms with Crippen LogP contribution in [0.1, 0.15) is 35.7 Å². The van der Waals surface area contributed by atoms with E-state index in [9.17, 15) is 9.65 Å². The van der Waals surface area contributed by atoms with E-state index in [1.807, 2.05) is 30.5 Å². The number of fused-ring (bicyclic) bond motifs is 7. The number of pyridine rings is 2. The Hall–Kier alpha value is -4.25. The van der Waals surface area contributed by atoms with Gasteiger partial charge in [0.1, 0.15) is 23.8 Å². The summed E-state index contributed by atoms with van der Waals surface area (Å²) in [5, 5.41) is 9.72. The summed E-state index contributed by atoms with van der Waals surface area (Å²) in [6.45, 7) is 4.10. The molecule has 1 aromatic carbocycles. The summed E-state index contributed by atoms with van der Waals surface area (Å²) in [6, 6.07) is 12.3. The first kappa shape index (κ1) is 19.7. The number of hydrogen-bond donors (Lipinski definition) is 1. The average molecular weight is 426 g/mol. The Bertz CT molecular complexity index is 1400. The molecule has 3 aromatic heterocycles. The van der Waals surface area contributed by atoms with E-state index in [0.29, 0.717) is 40.6 Å². The second-order valence-electron chi connectivity index (χ2n) is 7.66. The quantitative estimate of drug-likeness (QED) is 0.447. The van der Waals surface area contributed by atoms with E-state index in [2.05, 4.69) is 21.0 Å². The zero-order chi connectivity index (χ0) is 22.4. The zero-order valence-corrected chi connectivity index (χ0v) is 17.5. The molecule has 2 N–H and O–H groups in total. The van der Waals surface area contributed by atoms with Gasteiger partial charge in [-0.15, -0.1) is 0 Å². The van der Waals surface area contributed by atoms with Crippen LogP contribution in [-0.4, -0.2) is 19.5 Å². The van der Waals surface area contributed by atoms with Gasteiger partial charge < -0.3 is 15.0 Å². The lowest BCUT2D eigenvalue weighted by molar-refractivity contribution is 0.227. The van der Waals surface area contributed by atoms with E-state index < -0.39 is 6.10 Å². The molecule has 32 heavy (non-hydrogen) atoms. The molecule has 7 nitrogen and oxygen atoms in total. The van der Waals surface area contributed by atoms with E-state index in [1.54, 1.807) is 24.5 Å². The number of benzene rings is 1. The molecule has 1 aliphatic heterocycles. The van der Waals surface area contributed by atoms with E-state index in [1.165, 1.54) is 12.1 Å². The lowest BCUT2D eigenvalue weighted by Gasteiger charge is -2.22. The van der Waals surface area contributed by atoms with E-state index in [4.69, 9.17) is 10.5 Å². The van der Waals surface area contributed by atoms with Gasteiger partial charge in [-0.3, -0.25) is 4.98 Å². The van der Waals surface area contributed by atoms with Crippen LogP contribution in [0.4, 0.5) is 10.2 Å². The van der Waals surface area contributed by atoms with Crippen LogP contribution in [0.5, 0.6) is 5.75 Å². The number of aryl methyl sites for hydroxylation is 1. The van der Waals surface area contributed by atoms with Gasteiger partial charge in [-0.25, -0.2) is 14.4 Å². The number of imidazole rings is 1. The molecular weight excluding hydrogens is 407 g/mol. The van der Waals surface area contributed by atoms with Gasteiger partial charge in [-0.05, 0) is 49.7 Å². The molecule has 0 aliphatic carbocycles. The van der Waals surface area contributed by atoms with Crippen LogP contribution in [-0.2, 0) is 6.54 Å². The Morgan fingerprint density at radius 2 is 2.09 bits per heavy atom. The maximum atomic E-state index is 14.2. The first-order valence-electron chi connectivity index (χ1n) is 10.1. The van der Waals surface area contributed by atoms with Crippen molar-refractivity contribution in [3.05, 3.63) is 77.3 Å². The average Bonchev–Trinajstić information content (AvgIpc) is 3.10. The smallest absolute Gasteiger partial charge is 0.166 e. The van der Waals surface area contributed by atoms with Crippen molar-refractivity contribution in [1.29, 1.82) is 5.26 Å². The van der Waals surface area contributed by atoms with Crippen molar-refractivity contribution in [2.24, 2.45) is 0 Å². The van der Waals surface area contributed by atoms with Crippen LogP contribution >= 0.6 is 0 Å². The highest BCUT2D eigenvalue weighted by Crippen LogP contribution is 2.37. The molecule has 8 heteroatoms. The van der Waals surface area contributed by atoms with Crippen LogP contribution in [0.2, 0.25) is 0 Å². The van der Waals surface area contributed by atoms with Gasteiger partial charge in [-0.1, -0.05) is 6.07 Å². The summed E-state index contributed by atoms with van der Waals surface area (Å²) in [5.41, 5.74) is 10.7. The number of nitrogen functional groups attached to an aromatic ring is 1. The summed E-state index contributed by atoms with van der Waals surface area (Å²) in [4.78, 5) is 13.3. The molecular formula is C24H19FN6O. The number of rotatable bonds is 0. The van der Waals surface area contributed by atoms with Gasteiger partial charge in [0, 0.05) is 29.1 Å². The van der Waals surface area contributed by atoms with E-state index in [-0.39, 0.29) is 17.3 Å². The third kappa shape index (κ3) is 3.15. The van der Waals surface area contributed by atoms with Crippen molar-refractivity contribution in [2.75, 3.05) is 5.73 Å². The first-order valence-corrected chi connectivity index (χ1v) is 10.1. The predicted molar refractivity (Wildman–Crippen MR) is 117 cm³/mol. The van der Waals surface area contributed by atoms with Crippen molar-refractivity contribution in [1.82, 2.24) is 19.5 Å². The fourth-order valence-corrected chi connectivity index (χ4v) is 4.13. The molecule has 0 radical (unpaired) electrons. The Labute approximate surface area is 184 Å². The molecule has 4 aromatic rings. The molecule has 0 spiro atoms. The minimum atomic E-state index is -0.531. The number of nitrogens with zero attached hydrogens (tertiary/aromatic N) is 5. The maximum Gasteiger partial charge on any atom is 0.166 e. The molecule has 0 fully saturated rings. The highest BCUT2D eigenvalue weighted by molar-refractivity contribution is 5.71. The number of nitriles is 1. The lowest BCUT2D eigenvalue weighted by atomic mass is 9.96. The predicted octanol–water partition coefficient (Wildman–Crippen LogP) is 4.41. The highest BCUT2D eigenvalue weighted by Gasteiger charge is 2.24. The summed E-state index contributed by atoms with van der Waals surface area (Å²) in [7, 11) is 0. The topological polar surface area (TPSA) is 103 Å². The molecule has 158 valence electrons. The first-order chi connectivity index (χ1) is 15.5. The van der Waals surface area contributed by atoms with Gasteiger partial charge in [0.2, 0.25) is 0 Å². The van der Waals surface area contributed by atoms with Crippen LogP contribution in [0.15, 0.2) is 48.8 Å². The zero-order valence-electron chi connectivity index (χ0n) is 17.5. The largest absolute Gasteiger partial charge is 0.482 e. The number of anilines is 1. The van der Waals surface area contributed by atoms with Crippen molar-refractivity contribution >= 4 is 5.82 Å². The molecule has 0 amide bonds. The molecule has 1 unspecified atom stereocenters. The van der Waals surface area contributed by atoms with Crippen LogP contribution in [0.3, 0.4) is 0 Å². The molecule has 1 atom stereocenters. The van der Waals surface area contributed by atoms with E-state index >= 15 is 0 Å². The monoisotopic (exact) mass is 426 g/mol. The molecule has 0 saturated heterocycles. The fraction of sp³-hybridized carbons (Fsp3) is 0.167. The summed E-state index contributed by atoms with van der Waals surface area (Å²) in [6.07, 6.45) is 2.77. The molecule has 0 saturated carbocycles. The minimum Gasteiger partial charge on any atom is -0.482 e. The van der Waals surface area contributed by atoms with E-state index in [0.717, 1.165) is 11.1 Å². The third-order valence-corrected chi connectivity index (χ3v) is 5.65. The van der Waals surface area contributed by atoms with Crippen molar-refractivity contribution in [3.63, 3.8) is 0 Å². The van der Waals surface area contributed by atoms with Crippen molar-refractivity contribution < 1.29 is 9.13 Å². The normalized spacial score (nSPS) is 14.6. The minimum absolute atomic E-state index is 0.204. The van der Waals surface area contributed by atoms with Gasteiger partial charge in [0.05, 0.1) is 17.9 Å². The SMILES string of the molecule is Cc1nc(C#N)c2n1Cc1cccnc1-c1ccc(F)cc1C(C)Oc1cc-2cnc1N. The Balaban J connectivity index is 1.85. The summed E-state index contributed by atoms with van der Waals surface area (Å²) >= 11 is 0. The summed E-state index contributed by atoms with van der Waals surface area (Å²) in [5.74, 6) is 0.863. The number of halogens is 1. The number of ether oxygens (including phenoxy) is 1. The van der Waals surface area contributed by atoms with Gasteiger partial charge in [0.15, 0.2) is 17.3 Å². The summed E-state index contributed by atoms with van der Waals surface area (Å²) < 4.78 is 22.3. The van der Waals surface area contributed by atoms with Gasteiger partial charge in [0.25, 0.3) is 0 Å². The molecule has 4 heterocycles. The molecule has 1 aliphatic rings. The Morgan fingerprint density at radius 1 is 1.25 bits per heavy atom. The van der Waals surface area contributed by atoms with Gasteiger partial charge >= 0.3 is 0 Å². The number of nitrogens with two attached hydrogens (primary N) is 1. The Morgan fingerprint density at radius 3 is 2.91 bits per heavy atom. The van der Waals surface area contributed by atoms with Crippen LogP contribution in [0, 0.1) is 24.1 Å². The van der Waals surface area contributed by atoms with Gasteiger partial charge in [-0.2, -0.15) is 5.26 Å². The fourth-order valence-electron chi connectivity index (χ4n) is 4.13.